The monoisotopic (exact) mass is 421 g/mol. The van der Waals surface area contributed by atoms with Crippen molar-refractivity contribution in [3.8, 4) is 0 Å². The van der Waals surface area contributed by atoms with Crippen LogP contribution in [0.15, 0.2) is 35.4 Å². The molecule has 1 saturated heterocycles. The average Bonchev–Trinajstić information content (AvgIpc) is 3.12. The van der Waals surface area contributed by atoms with Crippen LogP contribution in [0.5, 0.6) is 0 Å². The number of rotatable bonds is 5. The van der Waals surface area contributed by atoms with Crippen LogP contribution < -0.4 is 5.32 Å². The van der Waals surface area contributed by atoms with Gasteiger partial charge in [-0.05, 0) is 30.7 Å². The predicted molar refractivity (Wildman–Crippen MR) is 105 cm³/mol. The van der Waals surface area contributed by atoms with Gasteiger partial charge in [-0.1, -0.05) is 6.07 Å². The van der Waals surface area contributed by atoms with Crippen LogP contribution in [0.25, 0.3) is 0 Å². The highest BCUT2D eigenvalue weighted by Crippen LogP contribution is 2.22. The minimum absolute atomic E-state index is 0.0482. The average molecular weight is 421 g/mol. The highest BCUT2D eigenvalue weighted by atomic mass is 32.2. The smallest absolute Gasteiger partial charge is 0.337 e. The number of ether oxygens (including phenoxy) is 2. The molecule has 0 unspecified atom stereocenters. The maximum absolute atomic E-state index is 12.8. The molecule has 0 bridgehead atoms. The SMILES string of the molecule is COC(=O)c1ccc(C)c(NC(=O)c2cc(S(=O)(=O)N3CCOCC3)cn2C)c1. The summed E-state index contributed by atoms with van der Waals surface area (Å²) in [5, 5.41) is 2.74. The van der Waals surface area contributed by atoms with Crippen molar-refractivity contribution >= 4 is 27.6 Å². The van der Waals surface area contributed by atoms with Crippen molar-refractivity contribution in [2.45, 2.75) is 11.8 Å². The number of hydrogen-bond donors (Lipinski definition) is 1. The van der Waals surface area contributed by atoms with Gasteiger partial charge in [-0.2, -0.15) is 4.31 Å². The van der Waals surface area contributed by atoms with E-state index < -0.39 is 21.9 Å². The zero-order valence-corrected chi connectivity index (χ0v) is 17.3. The molecular formula is C19H23N3O6S. The largest absolute Gasteiger partial charge is 0.465 e. The van der Waals surface area contributed by atoms with Crippen LogP contribution in [0.2, 0.25) is 0 Å². The van der Waals surface area contributed by atoms with E-state index in [2.05, 4.69) is 5.32 Å². The molecule has 1 aromatic heterocycles. The fourth-order valence-electron chi connectivity index (χ4n) is 3.02. The van der Waals surface area contributed by atoms with Crippen molar-refractivity contribution in [1.29, 1.82) is 0 Å². The summed E-state index contributed by atoms with van der Waals surface area (Å²) in [5.41, 5.74) is 1.67. The molecule has 1 aliphatic rings. The van der Waals surface area contributed by atoms with Crippen LogP contribution in [-0.2, 0) is 26.5 Å². The van der Waals surface area contributed by atoms with Gasteiger partial charge in [0.1, 0.15) is 10.6 Å². The van der Waals surface area contributed by atoms with Gasteiger partial charge in [-0.15, -0.1) is 0 Å². The van der Waals surface area contributed by atoms with Crippen LogP contribution in [0, 0.1) is 6.92 Å². The number of aromatic nitrogens is 1. The first-order valence-electron chi connectivity index (χ1n) is 8.98. The van der Waals surface area contributed by atoms with Gasteiger partial charge in [0.15, 0.2) is 0 Å². The zero-order chi connectivity index (χ0) is 21.2. The van der Waals surface area contributed by atoms with Crippen molar-refractivity contribution in [3.63, 3.8) is 0 Å². The molecule has 0 spiro atoms. The van der Waals surface area contributed by atoms with Crippen molar-refractivity contribution in [2.24, 2.45) is 7.05 Å². The van der Waals surface area contributed by atoms with E-state index in [9.17, 15) is 18.0 Å². The van der Waals surface area contributed by atoms with E-state index >= 15 is 0 Å². The fourth-order valence-corrected chi connectivity index (χ4v) is 4.50. The molecular weight excluding hydrogens is 398 g/mol. The van der Waals surface area contributed by atoms with Crippen molar-refractivity contribution in [3.05, 3.63) is 47.3 Å². The van der Waals surface area contributed by atoms with Crippen LogP contribution in [0.1, 0.15) is 26.4 Å². The lowest BCUT2D eigenvalue weighted by molar-refractivity contribution is 0.0600. The minimum Gasteiger partial charge on any atom is -0.465 e. The first-order valence-corrected chi connectivity index (χ1v) is 10.4. The highest BCUT2D eigenvalue weighted by molar-refractivity contribution is 7.89. The maximum Gasteiger partial charge on any atom is 0.337 e. The van der Waals surface area contributed by atoms with Crippen molar-refractivity contribution in [1.82, 2.24) is 8.87 Å². The summed E-state index contributed by atoms with van der Waals surface area (Å²) in [6, 6.07) is 6.17. The number of nitrogens with zero attached hydrogens (tertiary/aromatic N) is 2. The molecule has 29 heavy (non-hydrogen) atoms. The third-order valence-electron chi connectivity index (χ3n) is 4.73. The molecule has 3 rings (SSSR count). The molecule has 1 aliphatic heterocycles. The molecule has 1 fully saturated rings. The van der Waals surface area contributed by atoms with E-state index in [4.69, 9.17) is 9.47 Å². The van der Waals surface area contributed by atoms with Crippen LogP contribution in [0.4, 0.5) is 5.69 Å². The molecule has 0 atom stereocenters. The summed E-state index contributed by atoms with van der Waals surface area (Å²) in [6.07, 6.45) is 1.41. The molecule has 0 saturated carbocycles. The number of nitrogens with one attached hydrogen (secondary N) is 1. The van der Waals surface area contributed by atoms with Gasteiger partial charge in [0.05, 0.1) is 25.9 Å². The van der Waals surface area contributed by atoms with Gasteiger partial charge < -0.3 is 19.4 Å². The summed E-state index contributed by atoms with van der Waals surface area (Å²) in [7, 11) is -0.827. The number of hydrogen-bond acceptors (Lipinski definition) is 6. The lowest BCUT2D eigenvalue weighted by atomic mass is 10.1. The van der Waals surface area contributed by atoms with E-state index in [-0.39, 0.29) is 23.7 Å². The molecule has 156 valence electrons. The number of aryl methyl sites for hydroxylation is 2. The minimum atomic E-state index is -3.71. The number of amides is 1. The number of morpholine rings is 1. The Balaban J connectivity index is 1.85. The second-order valence-electron chi connectivity index (χ2n) is 6.66. The second kappa shape index (κ2) is 8.36. The third-order valence-corrected chi connectivity index (χ3v) is 6.59. The van der Waals surface area contributed by atoms with Crippen LogP contribution in [-0.4, -0.2) is 62.6 Å². The molecule has 1 amide bonds. The van der Waals surface area contributed by atoms with E-state index in [0.717, 1.165) is 5.56 Å². The Kier molecular flexibility index (Phi) is 6.06. The van der Waals surface area contributed by atoms with E-state index in [1.54, 1.807) is 26.1 Å². The summed E-state index contributed by atoms with van der Waals surface area (Å²) < 4.78 is 38.3. The van der Waals surface area contributed by atoms with Crippen LogP contribution in [0.3, 0.4) is 0 Å². The summed E-state index contributed by atoms with van der Waals surface area (Å²) in [5.74, 6) is -1.00. The lowest BCUT2D eigenvalue weighted by Crippen LogP contribution is -2.40. The Labute approximate surface area is 169 Å². The molecule has 0 radical (unpaired) electrons. The Bertz CT molecular complexity index is 1040. The Hall–Kier alpha value is -2.69. The lowest BCUT2D eigenvalue weighted by Gasteiger charge is -2.25. The normalized spacial score (nSPS) is 15.1. The van der Waals surface area contributed by atoms with Gasteiger partial charge in [-0.3, -0.25) is 4.79 Å². The van der Waals surface area contributed by atoms with Crippen LogP contribution >= 0.6 is 0 Å². The third kappa shape index (κ3) is 4.34. The van der Waals surface area contributed by atoms with E-state index in [1.165, 1.54) is 34.3 Å². The molecule has 2 aromatic rings. The molecule has 1 aromatic carbocycles. The van der Waals surface area contributed by atoms with Gasteiger partial charge in [-0.25, -0.2) is 13.2 Å². The number of benzene rings is 1. The molecule has 9 nitrogen and oxygen atoms in total. The first kappa shape index (κ1) is 21.0. The molecule has 2 heterocycles. The van der Waals surface area contributed by atoms with Gasteiger partial charge in [0, 0.05) is 32.0 Å². The number of carbonyl (C=O) groups is 2. The topological polar surface area (TPSA) is 107 Å². The second-order valence-corrected chi connectivity index (χ2v) is 8.60. The Morgan fingerprint density at radius 3 is 2.52 bits per heavy atom. The van der Waals surface area contributed by atoms with Gasteiger partial charge >= 0.3 is 5.97 Å². The maximum atomic E-state index is 12.8. The molecule has 10 heteroatoms. The quantitative estimate of drug-likeness (QED) is 0.732. The molecule has 0 aliphatic carbocycles. The zero-order valence-electron chi connectivity index (χ0n) is 16.5. The predicted octanol–water partition coefficient (Wildman–Crippen LogP) is 1.39. The van der Waals surface area contributed by atoms with Crippen molar-refractivity contribution in [2.75, 3.05) is 38.7 Å². The summed E-state index contributed by atoms with van der Waals surface area (Å²) >= 11 is 0. The highest BCUT2D eigenvalue weighted by Gasteiger charge is 2.29. The van der Waals surface area contributed by atoms with Crippen molar-refractivity contribution < 1.29 is 27.5 Å². The summed E-state index contributed by atoms with van der Waals surface area (Å²) in [4.78, 5) is 24.6. The molecule has 1 N–H and O–H groups in total. The van der Waals surface area contributed by atoms with E-state index in [1.807, 2.05) is 0 Å². The number of sulfonamides is 1. The Morgan fingerprint density at radius 2 is 1.86 bits per heavy atom. The van der Waals surface area contributed by atoms with E-state index in [0.29, 0.717) is 24.5 Å². The van der Waals surface area contributed by atoms with Gasteiger partial charge in [0.2, 0.25) is 10.0 Å². The number of carbonyl (C=O) groups excluding carboxylic acids is 2. The fraction of sp³-hybridized carbons (Fsp3) is 0.368. The standard InChI is InChI=1S/C19H23N3O6S/c1-13-4-5-14(19(24)27-3)10-16(13)20-18(23)17-11-15(12-21(17)2)29(25,26)22-6-8-28-9-7-22/h4-5,10-12H,6-9H2,1-3H3,(H,20,23). The first-order chi connectivity index (χ1) is 13.7. The summed E-state index contributed by atoms with van der Waals surface area (Å²) in [6.45, 7) is 3.02. The Morgan fingerprint density at radius 1 is 1.17 bits per heavy atom. The number of esters is 1. The number of anilines is 1. The number of methoxy groups -OCH3 is 1. The van der Waals surface area contributed by atoms with Gasteiger partial charge in [0.25, 0.3) is 5.91 Å².